The maximum Gasteiger partial charge on any atom is 0.264 e. The lowest BCUT2D eigenvalue weighted by Crippen LogP contribution is -2.48. The lowest BCUT2D eigenvalue weighted by molar-refractivity contribution is 0.0636. The van der Waals surface area contributed by atoms with E-state index in [0.717, 1.165) is 23.6 Å². The molecule has 1 aliphatic rings. The molecule has 130 valence electrons. The summed E-state index contributed by atoms with van der Waals surface area (Å²) in [7, 11) is 3.27. The van der Waals surface area contributed by atoms with Gasteiger partial charge in [-0.2, -0.15) is 0 Å². The van der Waals surface area contributed by atoms with E-state index in [2.05, 4.69) is 5.32 Å². The molecular formula is C17H21ClN2O3S. The number of benzene rings is 1. The Kier molecular flexibility index (Phi) is 6.48. The second-order valence-corrected chi connectivity index (χ2v) is 6.22. The Labute approximate surface area is 152 Å². The third kappa shape index (κ3) is 3.66. The van der Waals surface area contributed by atoms with Crippen LogP contribution in [0.3, 0.4) is 0 Å². The van der Waals surface area contributed by atoms with Crippen molar-refractivity contribution in [2.75, 3.05) is 33.9 Å². The van der Waals surface area contributed by atoms with Gasteiger partial charge in [-0.3, -0.25) is 4.79 Å². The zero-order valence-electron chi connectivity index (χ0n) is 13.7. The van der Waals surface area contributed by atoms with Crippen LogP contribution in [0.1, 0.15) is 21.3 Å². The summed E-state index contributed by atoms with van der Waals surface area (Å²) in [5.74, 6) is 1.57. The minimum absolute atomic E-state index is 0. The van der Waals surface area contributed by atoms with Crippen LogP contribution in [0, 0.1) is 0 Å². The molecule has 24 heavy (non-hydrogen) atoms. The van der Waals surface area contributed by atoms with Gasteiger partial charge >= 0.3 is 0 Å². The molecule has 2 aromatic rings. The molecule has 1 aromatic heterocycles. The van der Waals surface area contributed by atoms with Gasteiger partial charge in [0.15, 0.2) is 0 Å². The molecule has 0 aliphatic carbocycles. The predicted molar refractivity (Wildman–Crippen MR) is 97.8 cm³/mol. The van der Waals surface area contributed by atoms with Crippen LogP contribution < -0.4 is 14.8 Å². The highest BCUT2D eigenvalue weighted by atomic mass is 35.5. The summed E-state index contributed by atoms with van der Waals surface area (Å²) >= 11 is 1.42. The number of methoxy groups -OCH3 is 2. The number of thiophene rings is 1. The minimum atomic E-state index is -0.0412. The number of para-hydroxylation sites is 1. The normalized spacial score (nSPS) is 17.1. The number of carbonyl (C=O) groups excluding carboxylic acids is 1. The van der Waals surface area contributed by atoms with Gasteiger partial charge in [-0.05, 0) is 6.07 Å². The fourth-order valence-corrected chi connectivity index (χ4v) is 3.66. The third-order valence-electron chi connectivity index (χ3n) is 4.02. The van der Waals surface area contributed by atoms with Gasteiger partial charge < -0.3 is 19.7 Å². The predicted octanol–water partition coefficient (Wildman–Crippen LogP) is 2.97. The summed E-state index contributed by atoms with van der Waals surface area (Å²) in [6.45, 7) is 2.18. The molecule has 1 unspecified atom stereocenters. The Morgan fingerprint density at radius 2 is 2.08 bits per heavy atom. The highest BCUT2D eigenvalue weighted by molar-refractivity contribution is 7.12. The number of hydrogen-bond donors (Lipinski definition) is 1. The van der Waals surface area contributed by atoms with Gasteiger partial charge in [0.1, 0.15) is 11.5 Å². The van der Waals surface area contributed by atoms with E-state index in [1.807, 2.05) is 34.5 Å². The van der Waals surface area contributed by atoms with Crippen molar-refractivity contribution in [2.45, 2.75) is 6.04 Å². The van der Waals surface area contributed by atoms with Crippen LogP contribution in [0.15, 0.2) is 35.7 Å². The molecule has 1 atom stereocenters. The lowest BCUT2D eigenvalue weighted by Gasteiger charge is -2.36. The number of hydrogen-bond acceptors (Lipinski definition) is 5. The van der Waals surface area contributed by atoms with Gasteiger partial charge in [-0.25, -0.2) is 0 Å². The Hall–Kier alpha value is -1.76. The Morgan fingerprint density at radius 1 is 1.29 bits per heavy atom. The van der Waals surface area contributed by atoms with Gasteiger partial charge in [-0.1, -0.05) is 18.2 Å². The van der Waals surface area contributed by atoms with Gasteiger partial charge in [0.25, 0.3) is 5.91 Å². The van der Waals surface area contributed by atoms with Crippen molar-refractivity contribution in [3.63, 3.8) is 0 Å². The molecule has 1 amide bonds. The standard InChI is InChI=1S/C17H20N2O3S.ClH/c1-21-12-9-16(23-11-12)17(20)19-8-7-18-10-14(19)13-5-3-4-6-15(13)22-2;/h3-6,9,11,14,18H,7-8,10H2,1-2H3;1H. The van der Waals surface area contributed by atoms with Crippen LogP contribution in [0.4, 0.5) is 0 Å². The fraction of sp³-hybridized carbons (Fsp3) is 0.353. The van der Waals surface area contributed by atoms with Crippen LogP contribution in [0.2, 0.25) is 0 Å². The molecule has 3 rings (SSSR count). The third-order valence-corrected chi connectivity index (χ3v) is 4.92. The first-order valence-electron chi connectivity index (χ1n) is 7.51. The number of nitrogens with one attached hydrogen (secondary N) is 1. The second-order valence-electron chi connectivity index (χ2n) is 5.31. The zero-order chi connectivity index (χ0) is 16.2. The van der Waals surface area contributed by atoms with Crippen LogP contribution in [-0.4, -0.2) is 44.7 Å². The first-order chi connectivity index (χ1) is 11.2. The quantitative estimate of drug-likeness (QED) is 0.901. The molecule has 0 bridgehead atoms. The van der Waals surface area contributed by atoms with Crippen molar-refractivity contribution in [1.29, 1.82) is 0 Å². The molecule has 0 saturated carbocycles. The maximum atomic E-state index is 12.9. The largest absolute Gasteiger partial charge is 0.496 e. The SMILES string of the molecule is COc1csc(C(=O)N2CCNCC2c2ccccc2OC)c1.Cl. The molecule has 0 spiro atoms. The summed E-state index contributed by atoms with van der Waals surface area (Å²) in [6, 6.07) is 9.62. The molecule has 5 nitrogen and oxygen atoms in total. The van der Waals surface area contributed by atoms with E-state index < -0.39 is 0 Å². The van der Waals surface area contributed by atoms with Gasteiger partial charge in [0.05, 0.1) is 25.1 Å². The number of ether oxygens (including phenoxy) is 2. The molecule has 7 heteroatoms. The van der Waals surface area contributed by atoms with Crippen molar-refractivity contribution in [2.24, 2.45) is 0 Å². The van der Waals surface area contributed by atoms with E-state index in [1.54, 1.807) is 20.3 Å². The maximum absolute atomic E-state index is 12.9. The average molecular weight is 369 g/mol. The summed E-state index contributed by atoms with van der Waals surface area (Å²) in [6.07, 6.45) is 0. The van der Waals surface area contributed by atoms with E-state index in [4.69, 9.17) is 9.47 Å². The van der Waals surface area contributed by atoms with Crippen LogP contribution >= 0.6 is 23.7 Å². The van der Waals surface area contributed by atoms with Gasteiger partial charge in [0, 0.05) is 36.6 Å². The van der Waals surface area contributed by atoms with E-state index >= 15 is 0 Å². The van der Waals surface area contributed by atoms with E-state index in [0.29, 0.717) is 18.0 Å². The average Bonchev–Trinajstić information content (AvgIpc) is 3.10. The van der Waals surface area contributed by atoms with Crippen LogP contribution in [-0.2, 0) is 0 Å². The molecule has 1 aromatic carbocycles. The second kappa shape index (κ2) is 8.37. The number of nitrogens with zero attached hydrogens (tertiary/aromatic N) is 1. The van der Waals surface area contributed by atoms with Crippen molar-refractivity contribution >= 4 is 29.7 Å². The monoisotopic (exact) mass is 368 g/mol. The molecule has 1 fully saturated rings. The highest BCUT2D eigenvalue weighted by Crippen LogP contribution is 2.32. The molecule has 1 aliphatic heterocycles. The fourth-order valence-electron chi connectivity index (χ4n) is 2.85. The van der Waals surface area contributed by atoms with E-state index in [1.165, 1.54) is 11.3 Å². The van der Waals surface area contributed by atoms with Crippen LogP contribution in [0.5, 0.6) is 11.5 Å². The minimum Gasteiger partial charge on any atom is -0.496 e. The molecular weight excluding hydrogens is 348 g/mol. The zero-order valence-corrected chi connectivity index (χ0v) is 15.3. The number of carbonyl (C=O) groups is 1. The summed E-state index contributed by atoms with van der Waals surface area (Å²) in [5, 5.41) is 5.22. The highest BCUT2D eigenvalue weighted by Gasteiger charge is 2.31. The summed E-state index contributed by atoms with van der Waals surface area (Å²) < 4.78 is 10.7. The topological polar surface area (TPSA) is 50.8 Å². The van der Waals surface area contributed by atoms with E-state index in [9.17, 15) is 4.79 Å². The van der Waals surface area contributed by atoms with E-state index in [-0.39, 0.29) is 24.4 Å². The first-order valence-corrected chi connectivity index (χ1v) is 8.39. The Morgan fingerprint density at radius 3 is 2.79 bits per heavy atom. The summed E-state index contributed by atoms with van der Waals surface area (Å²) in [5.41, 5.74) is 1.03. The van der Waals surface area contributed by atoms with Gasteiger partial charge in [-0.15, -0.1) is 23.7 Å². The van der Waals surface area contributed by atoms with Crippen molar-refractivity contribution in [3.05, 3.63) is 46.2 Å². The van der Waals surface area contributed by atoms with Crippen LogP contribution in [0.25, 0.3) is 0 Å². The molecule has 2 heterocycles. The smallest absolute Gasteiger partial charge is 0.264 e. The summed E-state index contributed by atoms with van der Waals surface area (Å²) in [4.78, 5) is 15.5. The Balaban J connectivity index is 0.00000208. The van der Waals surface area contributed by atoms with Crippen molar-refractivity contribution < 1.29 is 14.3 Å². The molecule has 1 saturated heterocycles. The molecule has 0 radical (unpaired) electrons. The number of amides is 1. The number of rotatable bonds is 4. The number of halogens is 1. The van der Waals surface area contributed by atoms with Gasteiger partial charge in [0.2, 0.25) is 0 Å². The lowest BCUT2D eigenvalue weighted by atomic mass is 10.0. The number of piperazine rings is 1. The first kappa shape index (κ1) is 18.6. The van der Waals surface area contributed by atoms with Crippen molar-refractivity contribution in [3.8, 4) is 11.5 Å². The Bertz CT molecular complexity index is 692. The molecule has 1 N–H and O–H groups in total. The van der Waals surface area contributed by atoms with Crippen molar-refractivity contribution in [1.82, 2.24) is 10.2 Å².